The molecule has 0 aliphatic rings. The Morgan fingerprint density at radius 1 is 0.261 bits per heavy atom. The topological polar surface area (TPSA) is 237 Å². The Bertz CT molecular complexity index is 2130. The maximum atomic E-state index is 13.2. The van der Waals surface area contributed by atoms with Crippen LogP contribution >= 0.6 is 15.6 Å². The Kier molecular flexibility index (Phi) is 80.4. The van der Waals surface area contributed by atoms with Crippen molar-refractivity contribution in [2.24, 2.45) is 17.8 Å². The summed E-state index contributed by atoms with van der Waals surface area (Å²) in [5.41, 5.74) is 0. The van der Waals surface area contributed by atoms with E-state index in [2.05, 4.69) is 48.5 Å². The molecule has 0 aliphatic heterocycles. The summed E-state index contributed by atoms with van der Waals surface area (Å²) < 4.78 is 69.1. The van der Waals surface area contributed by atoms with Gasteiger partial charge in [-0.05, 0) is 43.4 Å². The van der Waals surface area contributed by atoms with Gasteiger partial charge in [0.1, 0.15) is 19.3 Å². The van der Waals surface area contributed by atoms with Crippen molar-refractivity contribution in [2.75, 3.05) is 39.6 Å². The summed E-state index contributed by atoms with van der Waals surface area (Å²) in [7, 11) is -9.94. The molecule has 0 aromatic heterocycles. The number of carbonyl (C=O) groups is 4. The van der Waals surface area contributed by atoms with Gasteiger partial charge in [0.15, 0.2) is 12.2 Å². The number of phosphoric acid groups is 2. The van der Waals surface area contributed by atoms with Crippen molar-refractivity contribution in [2.45, 2.75) is 510 Å². The van der Waals surface area contributed by atoms with E-state index in [0.717, 1.165) is 108 Å². The highest BCUT2D eigenvalue weighted by Crippen LogP contribution is 2.45. The van der Waals surface area contributed by atoms with Gasteiger partial charge in [0.2, 0.25) is 0 Å². The number of aliphatic hydroxyl groups is 1. The number of esters is 4. The van der Waals surface area contributed by atoms with Gasteiger partial charge in [0, 0.05) is 25.7 Å². The van der Waals surface area contributed by atoms with Gasteiger partial charge in [-0.15, -0.1) is 0 Å². The summed E-state index contributed by atoms with van der Waals surface area (Å²) in [5, 5.41) is 10.7. The van der Waals surface area contributed by atoms with E-state index in [9.17, 15) is 43.2 Å². The highest BCUT2D eigenvalue weighted by atomic mass is 31.2. The van der Waals surface area contributed by atoms with Gasteiger partial charge in [-0.25, -0.2) is 9.13 Å². The largest absolute Gasteiger partial charge is 0.472 e. The Labute approximate surface area is 683 Å². The van der Waals surface area contributed by atoms with E-state index in [0.29, 0.717) is 25.7 Å². The van der Waals surface area contributed by atoms with Crippen molar-refractivity contribution < 1.29 is 80.2 Å². The van der Waals surface area contributed by atoms with Gasteiger partial charge < -0.3 is 33.8 Å². The average molecular weight is 1620 g/mol. The van der Waals surface area contributed by atoms with Crippen molar-refractivity contribution >= 4 is 39.5 Å². The molecule has 4 unspecified atom stereocenters. The summed E-state index contributed by atoms with van der Waals surface area (Å²) >= 11 is 0. The molecule has 0 saturated heterocycles. The second kappa shape index (κ2) is 81.8. The molecule has 0 saturated carbocycles. The van der Waals surface area contributed by atoms with Crippen LogP contribution in [0.4, 0.5) is 0 Å². The van der Waals surface area contributed by atoms with Crippen LogP contribution in [0.15, 0.2) is 0 Å². The summed E-state index contributed by atoms with van der Waals surface area (Å²) in [6.07, 6.45) is 75.0. The predicted molar refractivity (Wildman–Crippen MR) is 460 cm³/mol. The molecule has 17 nitrogen and oxygen atoms in total. The van der Waals surface area contributed by atoms with Crippen LogP contribution in [0.3, 0.4) is 0 Å². The van der Waals surface area contributed by atoms with Gasteiger partial charge in [0.05, 0.1) is 26.4 Å². The predicted octanol–water partition coefficient (Wildman–Crippen LogP) is 28.4. The first kappa shape index (κ1) is 109. The molecule has 0 bridgehead atoms. The Morgan fingerprint density at radius 3 is 0.685 bits per heavy atom. The van der Waals surface area contributed by atoms with Crippen LogP contribution in [0.25, 0.3) is 0 Å². The number of aliphatic hydroxyl groups excluding tert-OH is 1. The van der Waals surface area contributed by atoms with E-state index < -0.39 is 97.5 Å². The molecule has 19 heteroatoms. The van der Waals surface area contributed by atoms with E-state index in [1.807, 2.05) is 0 Å². The fraction of sp³-hybridized carbons (Fsp3) is 0.957. The zero-order chi connectivity index (χ0) is 81.5. The molecule has 111 heavy (non-hydrogen) atoms. The quantitative estimate of drug-likeness (QED) is 0.0222. The van der Waals surface area contributed by atoms with Crippen molar-refractivity contribution in [3.8, 4) is 0 Å². The molecule has 0 rings (SSSR count). The lowest BCUT2D eigenvalue weighted by Crippen LogP contribution is -2.30. The van der Waals surface area contributed by atoms with Gasteiger partial charge in [-0.3, -0.25) is 37.3 Å². The first-order valence-electron chi connectivity index (χ1n) is 47.4. The molecule has 0 amide bonds. The molecule has 660 valence electrons. The number of unbranched alkanes of at least 4 members (excludes halogenated alkanes) is 56. The lowest BCUT2D eigenvalue weighted by atomic mass is 9.99. The normalized spacial score (nSPS) is 14.3. The fourth-order valence-corrected chi connectivity index (χ4v) is 15.9. The summed E-state index contributed by atoms with van der Waals surface area (Å²) in [6, 6.07) is 0. The van der Waals surface area contributed by atoms with Crippen molar-refractivity contribution in [1.29, 1.82) is 0 Å². The van der Waals surface area contributed by atoms with Gasteiger partial charge in [0.25, 0.3) is 0 Å². The van der Waals surface area contributed by atoms with Gasteiger partial charge in [-0.1, -0.05) is 440 Å². The molecule has 0 aromatic carbocycles. The number of hydrogen-bond acceptors (Lipinski definition) is 15. The van der Waals surface area contributed by atoms with Crippen molar-refractivity contribution in [3.63, 3.8) is 0 Å². The van der Waals surface area contributed by atoms with E-state index >= 15 is 0 Å². The molecule has 0 spiro atoms. The van der Waals surface area contributed by atoms with Crippen LogP contribution in [0, 0.1) is 17.8 Å². The minimum atomic E-state index is -4.97. The number of carbonyl (C=O) groups excluding carboxylic acids is 4. The minimum absolute atomic E-state index is 0.107. The van der Waals surface area contributed by atoms with Crippen LogP contribution in [-0.4, -0.2) is 96.7 Å². The monoisotopic (exact) mass is 1620 g/mol. The first-order chi connectivity index (χ1) is 53.8. The van der Waals surface area contributed by atoms with E-state index in [1.165, 1.54) is 302 Å². The number of ether oxygens (including phenoxy) is 4. The van der Waals surface area contributed by atoms with Crippen molar-refractivity contribution in [3.05, 3.63) is 0 Å². The average Bonchev–Trinajstić information content (AvgIpc) is 0.900. The third-order valence-electron chi connectivity index (χ3n) is 22.4. The SMILES string of the molecule is CCCCCCCCCCCCCCCCCCCCCCC(=O)OC[C@H](COP(=O)(O)OC[C@@H](O)COP(=O)(O)OC[C@@H](COC(=O)CCCCCCCCCCC(C)CC)OC(=O)CCCCCCCCCCCCCCCCC(C)CC)OC(=O)CCCCCCCCCCCCCCCCCCCCC(C)C. The van der Waals surface area contributed by atoms with Crippen LogP contribution in [0.5, 0.6) is 0 Å². The molecular formula is C92H180O17P2. The van der Waals surface area contributed by atoms with Crippen LogP contribution in [0.1, 0.15) is 492 Å². The third-order valence-corrected chi connectivity index (χ3v) is 24.3. The molecule has 0 radical (unpaired) electrons. The molecule has 0 aliphatic carbocycles. The third kappa shape index (κ3) is 82.9. The smallest absolute Gasteiger partial charge is 0.462 e. The zero-order valence-corrected chi connectivity index (χ0v) is 75.2. The first-order valence-corrected chi connectivity index (χ1v) is 50.4. The van der Waals surface area contributed by atoms with Gasteiger partial charge >= 0.3 is 39.5 Å². The molecule has 7 atom stereocenters. The number of hydrogen-bond donors (Lipinski definition) is 3. The number of phosphoric ester groups is 2. The highest BCUT2D eigenvalue weighted by molar-refractivity contribution is 7.47. The van der Waals surface area contributed by atoms with Crippen LogP contribution in [-0.2, 0) is 65.4 Å². The fourth-order valence-electron chi connectivity index (χ4n) is 14.4. The second-order valence-electron chi connectivity index (χ2n) is 34.0. The Balaban J connectivity index is 5.26. The highest BCUT2D eigenvalue weighted by Gasteiger charge is 2.31. The van der Waals surface area contributed by atoms with E-state index in [1.54, 1.807) is 0 Å². The number of rotatable bonds is 90. The molecule has 0 fully saturated rings. The lowest BCUT2D eigenvalue weighted by Gasteiger charge is -2.21. The Morgan fingerprint density at radius 2 is 0.459 bits per heavy atom. The van der Waals surface area contributed by atoms with Crippen LogP contribution in [0.2, 0.25) is 0 Å². The standard InChI is InChI=1S/C92H180O17P2/c1-8-11-12-13-14-15-16-17-18-19-20-21-25-28-34-39-44-52-59-66-73-89(94)102-79-87(108-91(96)75-68-61-54-45-40-35-29-26-23-22-24-27-32-37-42-49-56-63-70-83(4)5)81-106-110(98,99)104-77-86(93)78-105-111(100,101)107-82-88(80-103-90(95)74-67-60-53-48-47-51-58-65-72-85(7)10-3)109-92(97)76-69-62-55-46-41-36-31-30-33-38-43-50-57-64-71-84(6)9-2/h83-88,93H,8-82H2,1-7H3,(H,98,99)(H,100,101)/t84?,85?,86-,87-,88-/m1/s1. The zero-order valence-electron chi connectivity index (χ0n) is 73.4. The Hall–Kier alpha value is -1.94. The van der Waals surface area contributed by atoms with Gasteiger partial charge in [-0.2, -0.15) is 0 Å². The lowest BCUT2D eigenvalue weighted by molar-refractivity contribution is -0.161. The maximum absolute atomic E-state index is 13.2. The summed E-state index contributed by atoms with van der Waals surface area (Å²) in [5.74, 6) is 0.346. The van der Waals surface area contributed by atoms with Crippen LogP contribution < -0.4 is 0 Å². The molecule has 0 aromatic rings. The molecule has 0 heterocycles. The van der Waals surface area contributed by atoms with E-state index in [-0.39, 0.29) is 25.7 Å². The summed E-state index contributed by atoms with van der Waals surface area (Å²) in [6.45, 7) is 12.1. The minimum Gasteiger partial charge on any atom is -0.462 e. The maximum Gasteiger partial charge on any atom is 0.472 e. The van der Waals surface area contributed by atoms with E-state index in [4.69, 9.17) is 37.0 Å². The molecule has 3 N–H and O–H groups in total. The molecular weight excluding hydrogens is 1440 g/mol. The second-order valence-corrected chi connectivity index (χ2v) is 36.9. The van der Waals surface area contributed by atoms with Crippen molar-refractivity contribution in [1.82, 2.24) is 0 Å². The summed E-state index contributed by atoms with van der Waals surface area (Å²) in [4.78, 5) is 73.5.